The van der Waals surface area contributed by atoms with E-state index in [2.05, 4.69) is 19.6 Å². The van der Waals surface area contributed by atoms with Crippen LogP contribution in [0.1, 0.15) is 134 Å². The van der Waals surface area contributed by atoms with Gasteiger partial charge in [-0.15, -0.1) is 6.58 Å². The van der Waals surface area contributed by atoms with Crippen LogP contribution in [0.5, 0.6) is 17.2 Å². The molecule has 0 aromatic heterocycles. The van der Waals surface area contributed by atoms with E-state index in [0.717, 1.165) is 61.8 Å². The van der Waals surface area contributed by atoms with Crippen molar-refractivity contribution in [1.82, 2.24) is 4.90 Å². The van der Waals surface area contributed by atoms with Crippen LogP contribution in [0, 0.1) is 27.9 Å². The minimum absolute atomic E-state index is 0.0246. The van der Waals surface area contributed by atoms with E-state index in [1.54, 1.807) is 24.3 Å². The second-order valence-electron chi connectivity index (χ2n) is 16.6. The summed E-state index contributed by atoms with van der Waals surface area (Å²) in [5.41, 5.74) is 2.57. The fraction of sp³-hybridized carbons (Fsp3) is 0.625. The normalized spacial score (nSPS) is 23.5. The Morgan fingerprint density at radius 2 is 1.67 bits per heavy atom. The van der Waals surface area contributed by atoms with Gasteiger partial charge in [-0.05, 0) is 80.7 Å². The fourth-order valence-corrected chi connectivity index (χ4v) is 9.67. The monoisotopic (exact) mass is 832 g/mol. The van der Waals surface area contributed by atoms with Crippen molar-refractivity contribution in [3.63, 3.8) is 0 Å². The molecule has 1 saturated carbocycles. The molecule has 12 nitrogen and oxygen atoms in total. The Labute approximate surface area is 357 Å². The lowest BCUT2D eigenvalue weighted by Crippen LogP contribution is -2.69. The van der Waals surface area contributed by atoms with E-state index >= 15 is 0 Å². The van der Waals surface area contributed by atoms with Gasteiger partial charge < -0.3 is 34.2 Å². The summed E-state index contributed by atoms with van der Waals surface area (Å²) < 4.78 is 20.5. The average Bonchev–Trinajstić information content (AvgIpc) is 3.25. The Kier molecular flexibility index (Phi) is 18.5. The number of nitro benzene ring substituents is 1. The minimum Gasteiger partial charge on any atom is -0.459 e. The van der Waals surface area contributed by atoms with E-state index in [9.17, 15) is 25.1 Å². The number of unbranched alkanes of at least 4 members (excludes halogenated alkanes) is 10. The predicted molar refractivity (Wildman–Crippen MR) is 234 cm³/mol. The van der Waals surface area contributed by atoms with Crippen molar-refractivity contribution < 1.29 is 39.0 Å². The molecule has 330 valence electrons. The highest BCUT2D eigenvalue weighted by molar-refractivity contribution is 6.03. The summed E-state index contributed by atoms with van der Waals surface area (Å²) in [6, 6.07) is 11.2. The molecule has 5 rings (SSSR count). The van der Waals surface area contributed by atoms with E-state index < -0.39 is 22.7 Å². The molecule has 0 radical (unpaired) electrons. The smallest absolute Gasteiger partial charge is 0.273 e. The van der Waals surface area contributed by atoms with Gasteiger partial charge in [-0.2, -0.15) is 0 Å². The SMILES string of the molecule is C=CCO[C@@]12Oc3ccc(Oc4cccc([N+](=O)[O-])c4)cc3[C@H]3[C@H](CCCCO)[C@@H](CCCCO)C=C(C(=NOCC)C[C@@H]1N(C)C(=O)CCCCCCCCCCC)[C@H]32. The molecule has 3 aliphatic rings. The number of ether oxygens (including phenoxy) is 3. The van der Waals surface area contributed by atoms with Gasteiger partial charge in [-0.25, -0.2) is 0 Å². The quantitative estimate of drug-likeness (QED) is 0.0388. The molecule has 1 fully saturated rings. The van der Waals surface area contributed by atoms with Crippen LogP contribution >= 0.6 is 0 Å². The Balaban J connectivity index is 1.59. The van der Waals surface area contributed by atoms with Crippen LogP contribution in [-0.2, 0) is 14.4 Å². The fourth-order valence-electron chi connectivity index (χ4n) is 9.67. The molecule has 1 amide bonds. The van der Waals surface area contributed by atoms with E-state index in [-0.39, 0.29) is 49.2 Å². The third-order valence-electron chi connectivity index (χ3n) is 12.6. The van der Waals surface area contributed by atoms with Crippen molar-refractivity contribution >= 4 is 17.3 Å². The lowest BCUT2D eigenvalue weighted by Gasteiger charge is -2.59. The number of hydrogen-bond acceptors (Lipinski definition) is 10. The van der Waals surface area contributed by atoms with Gasteiger partial charge in [-0.3, -0.25) is 14.9 Å². The maximum Gasteiger partial charge on any atom is 0.273 e. The zero-order chi connectivity index (χ0) is 42.9. The zero-order valence-electron chi connectivity index (χ0n) is 36.2. The summed E-state index contributed by atoms with van der Waals surface area (Å²) in [6.07, 6.45) is 19.9. The number of rotatable bonds is 27. The van der Waals surface area contributed by atoms with Gasteiger partial charge in [0.15, 0.2) is 0 Å². The molecular weight excluding hydrogens is 763 g/mol. The Morgan fingerprint density at radius 3 is 2.35 bits per heavy atom. The van der Waals surface area contributed by atoms with Crippen LogP contribution < -0.4 is 9.47 Å². The van der Waals surface area contributed by atoms with E-state index in [1.807, 2.05) is 31.0 Å². The van der Waals surface area contributed by atoms with Crippen molar-refractivity contribution in [3.05, 3.63) is 82.4 Å². The third kappa shape index (κ3) is 11.6. The highest BCUT2D eigenvalue weighted by Gasteiger charge is 2.65. The van der Waals surface area contributed by atoms with Gasteiger partial charge >= 0.3 is 0 Å². The number of nitro groups is 1. The van der Waals surface area contributed by atoms with Crippen molar-refractivity contribution in [1.29, 1.82) is 0 Å². The number of carbonyl (C=O) groups excluding carboxylic acids is 1. The summed E-state index contributed by atoms with van der Waals surface area (Å²) in [6.45, 7) is 8.90. The van der Waals surface area contributed by atoms with Gasteiger partial charge in [0.1, 0.15) is 29.9 Å². The standard InChI is InChI=1S/C48H69N3O9/c1-5-8-9-10-11-12-13-14-15-25-45(54)50(4)44-34-42(49-58-7-3)40-31-35(21-16-18-28-52)39(24-17-19-29-53)46-41-33-38(59-37-23-20-22-36(32-37)51(55)56)26-27-43(41)60-48(44,47(40)46)57-30-6-2/h6,20,22-23,26-27,31-33,35,39,44,46-47,52-53H,2,5,7-19,21,24-25,28-30,34H2,1,3-4H3/t35-,39+,44-,46+,47+,48+/m0/s1. The first-order valence-electron chi connectivity index (χ1n) is 22.6. The topological polar surface area (TPSA) is 153 Å². The Morgan fingerprint density at radius 1 is 0.967 bits per heavy atom. The van der Waals surface area contributed by atoms with Gasteiger partial charge in [0, 0.05) is 50.7 Å². The van der Waals surface area contributed by atoms with E-state index in [4.69, 9.17) is 24.2 Å². The number of likely N-dealkylation sites (N-methyl/N-ethyl adjacent to an activating group) is 1. The molecule has 1 heterocycles. The number of aliphatic hydroxyl groups excluding tert-OH is 2. The molecule has 0 saturated heterocycles. The maximum atomic E-state index is 14.3. The van der Waals surface area contributed by atoms with Crippen LogP contribution in [0.2, 0.25) is 0 Å². The summed E-state index contributed by atoms with van der Waals surface area (Å²) in [7, 11) is 1.86. The van der Waals surface area contributed by atoms with Crippen molar-refractivity contribution in [2.45, 2.75) is 141 Å². The first kappa shape index (κ1) is 46.8. The highest BCUT2D eigenvalue weighted by atomic mass is 16.7. The number of non-ortho nitro benzene ring substituents is 1. The number of amides is 1. The lowest BCUT2D eigenvalue weighted by molar-refractivity contribution is -0.384. The maximum absolute atomic E-state index is 14.3. The molecule has 2 N–H and O–H groups in total. The number of oxime groups is 1. The molecule has 12 heteroatoms. The van der Waals surface area contributed by atoms with Gasteiger partial charge in [0.05, 0.1) is 29.2 Å². The lowest BCUT2D eigenvalue weighted by atomic mass is 9.55. The molecule has 1 aliphatic heterocycles. The third-order valence-corrected chi connectivity index (χ3v) is 12.6. The van der Waals surface area contributed by atoms with Crippen LogP contribution in [0.3, 0.4) is 0 Å². The average molecular weight is 832 g/mol. The minimum atomic E-state index is -1.32. The first-order valence-corrected chi connectivity index (χ1v) is 22.6. The first-order chi connectivity index (χ1) is 29.2. The largest absolute Gasteiger partial charge is 0.459 e. The molecule has 2 aromatic carbocycles. The number of benzene rings is 2. The number of aliphatic hydroxyl groups is 2. The number of hydrogen-bond donors (Lipinski definition) is 2. The summed E-state index contributed by atoms with van der Waals surface area (Å²) >= 11 is 0. The van der Waals surface area contributed by atoms with E-state index in [1.165, 1.54) is 50.7 Å². The van der Waals surface area contributed by atoms with Crippen molar-refractivity contribution in [2.75, 3.05) is 33.5 Å². The molecule has 2 aliphatic carbocycles. The molecule has 0 bridgehead atoms. The van der Waals surface area contributed by atoms with E-state index in [0.29, 0.717) is 49.5 Å². The summed E-state index contributed by atoms with van der Waals surface area (Å²) in [4.78, 5) is 33.1. The molecule has 0 spiro atoms. The van der Waals surface area contributed by atoms with Crippen LogP contribution in [-0.4, -0.2) is 77.0 Å². The zero-order valence-corrected chi connectivity index (χ0v) is 36.2. The van der Waals surface area contributed by atoms with Gasteiger partial charge in [-0.1, -0.05) is 94.5 Å². The molecule has 2 aromatic rings. The molecular formula is C48H69N3O9. The molecule has 60 heavy (non-hydrogen) atoms. The van der Waals surface area contributed by atoms with Crippen LogP contribution in [0.4, 0.5) is 5.69 Å². The number of allylic oxidation sites excluding steroid dienone is 1. The Hall–Kier alpha value is -4.26. The second-order valence-corrected chi connectivity index (χ2v) is 16.6. The van der Waals surface area contributed by atoms with Crippen molar-refractivity contribution in [3.8, 4) is 17.2 Å². The summed E-state index contributed by atoms with van der Waals surface area (Å²) in [5.74, 6) is -0.325. The highest BCUT2D eigenvalue weighted by Crippen LogP contribution is 2.62. The Bertz CT molecular complexity index is 1760. The van der Waals surface area contributed by atoms with Crippen molar-refractivity contribution in [2.24, 2.45) is 22.9 Å². The second kappa shape index (κ2) is 23.7. The van der Waals surface area contributed by atoms with Crippen LogP contribution in [0.15, 0.2) is 71.9 Å². The molecule has 0 unspecified atom stereocenters. The predicted octanol–water partition coefficient (Wildman–Crippen LogP) is 10.4. The molecule has 6 atom stereocenters. The van der Waals surface area contributed by atoms with Crippen LogP contribution in [0.25, 0.3) is 0 Å². The number of carbonyl (C=O) groups is 1. The number of fused-ring (bicyclic) bond motifs is 2. The summed E-state index contributed by atoms with van der Waals surface area (Å²) in [5, 5.41) is 36.1. The van der Waals surface area contributed by atoms with Gasteiger partial charge in [0.25, 0.3) is 5.69 Å². The van der Waals surface area contributed by atoms with Gasteiger partial charge in [0.2, 0.25) is 11.7 Å². The number of nitrogens with zero attached hydrogens (tertiary/aromatic N) is 3.